The second kappa shape index (κ2) is 6.73. The van der Waals surface area contributed by atoms with E-state index in [0.29, 0.717) is 11.4 Å². The van der Waals surface area contributed by atoms with Crippen molar-refractivity contribution in [2.24, 2.45) is 0 Å². The third kappa shape index (κ3) is 3.45. The van der Waals surface area contributed by atoms with E-state index in [-0.39, 0.29) is 11.9 Å². The molecule has 0 bridgehead atoms. The molecule has 0 radical (unpaired) electrons. The van der Waals surface area contributed by atoms with Gasteiger partial charge in [0, 0.05) is 31.6 Å². The first-order chi connectivity index (χ1) is 8.51. The molecule has 0 aliphatic rings. The number of nitrogens with two attached hydrogens (primary N) is 1. The molecule has 102 valence electrons. The lowest BCUT2D eigenvalue weighted by molar-refractivity contribution is 0.0746. The highest BCUT2D eigenvalue weighted by atomic mass is 32.2. The Balaban J connectivity index is 2.88. The lowest BCUT2D eigenvalue weighted by atomic mass is 10.3. The molecule has 0 fully saturated rings. The summed E-state index contributed by atoms with van der Waals surface area (Å²) < 4.78 is 1.94. The van der Waals surface area contributed by atoms with Gasteiger partial charge in [-0.3, -0.25) is 4.79 Å². The fourth-order valence-corrected chi connectivity index (χ4v) is 2.58. The minimum absolute atomic E-state index is 0.0432. The number of hydrogen-bond acceptors (Lipinski definition) is 3. The van der Waals surface area contributed by atoms with Crippen molar-refractivity contribution in [2.45, 2.75) is 32.9 Å². The highest BCUT2D eigenvalue weighted by Gasteiger charge is 2.20. The van der Waals surface area contributed by atoms with E-state index in [0.717, 1.165) is 18.7 Å². The first-order valence-electron chi connectivity index (χ1n) is 6.23. The fraction of sp³-hybridized carbons (Fsp3) is 0.615. The van der Waals surface area contributed by atoms with Gasteiger partial charge in [0.05, 0.1) is 5.69 Å². The second-order valence-electron chi connectivity index (χ2n) is 4.57. The van der Waals surface area contributed by atoms with Gasteiger partial charge < -0.3 is 15.2 Å². The summed E-state index contributed by atoms with van der Waals surface area (Å²) in [5.74, 6) is 0.980. The molecule has 1 aromatic rings. The van der Waals surface area contributed by atoms with Crippen LogP contribution in [-0.4, -0.2) is 40.5 Å². The Kier molecular flexibility index (Phi) is 5.59. The largest absolute Gasteiger partial charge is 0.397 e. The van der Waals surface area contributed by atoms with Crippen molar-refractivity contribution in [3.05, 3.63) is 18.0 Å². The Morgan fingerprint density at radius 2 is 2.28 bits per heavy atom. The van der Waals surface area contributed by atoms with Gasteiger partial charge in [0.1, 0.15) is 5.69 Å². The van der Waals surface area contributed by atoms with Crippen LogP contribution >= 0.6 is 11.8 Å². The number of carbonyl (C=O) groups is 1. The molecule has 1 atom stereocenters. The number of nitrogens with zero attached hydrogens (tertiary/aromatic N) is 2. The average Bonchev–Trinajstić information content (AvgIpc) is 2.69. The van der Waals surface area contributed by atoms with E-state index in [4.69, 9.17) is 5.73 Å². The van der Waals surface area contributed by atoms with Gasteiger partial charge in [-0.05, 0) is 25.7 Å². The Labute approximate surface area is 114 Å². The Hall–Kier alpha value is -1.10. The van der Waals surface area contributed by atoms with Crippen LogP contribution in [0.25, 0.3) is 0 Å². The number of amides is 1. The van der Waals surface area contributed by atoms with Gasteiger partial charge in [-0.15, -0.1) is 0 Å². The summed E-state index contributed by atoms with van der Waals surface area (Å²) in [5, 5.41) is 0. The van der Waals surface area contributed by atoms with Crippen LogP contribution in [0.1, 0.15) is 30.8 Å². The molecule has 5 heteroatoms. The number of hydrogen-bond donors (Lipinski definition) is 1. The summed E-state index contributed by atoms with van der Waals surface area (Å²) in [4.78, 5) is 14.2. The van der Waals surface area contributed by atoms with Crippen molar-refractivity contribution in [2.75, 3.05) is 24.8 Å². The molecule has 0 saturated carbocycles. The van der Waals surface area contributed by atoms with Crippen LogP contribution in [0.2, 0.25) is 0 Å². The van der Waals surface area contributed by atoms with Crippen molar-refractivity contribution in [3.63, 3.8) is 0 Å². The number of aromatic nitrogens is 1. The van der Waals surface area contributed by atoms with E-state index in [9.17, 15) is 4.79 Å². The third-order valence-electron chi connectivity index (χ3n) is 2.99. The van der Waals surface area contributed by atoms with Gasteiger partial charge in [0.2, 0.25) is 0 Å². The number of carbonyl (C=O) groups excluding carboxylic acids is 1. The number of thioether (sulfide) groups is 1. The van der Waals surface area contributed by atoms with E-state index < -0.39 is 0 Å². The van der Waals surface area contributed by atoms with Crippen molar-refractivity contribution in [1.29, 1.82) is 0 Å². The first-order valence-corrected chi connectivity index (χ1v) is 7.62. The standard InChI is InChI=1S/C13H23N3OS/c1-5-6-16-8-11(14)7-12(16)13(17)15(3)10(2)9-18-4/h7-8,10H,5-6,9,14H2,1-4H3. The number of rotatable bonds is 6. The quantitative estimate of drug-likeness (QED) is 0.862. The second-order valence-corrected chi connectivity index (χ2v) is 5.48. The summed E-state index contributed by atoms with van der Waals surface area (Å²) in [6.45, 7) is 4.97. The minimum atomic E-state index is 0.0432. The van der Waals surface area contributed by atoms with Gasteiger partial charge in [-0.2, -0.15) is 11.8 Å². The Morgan fingerprint density at radius 3 is 2.83 bits per heavy atom. The van der Waals surface area contributed by atoms with Crippen molar-refractivity contribution in [3.8, 4) is 0 Å². The Morgan fingerprint density at radius 1 is 1.61 bits per heavy atom. The molecule has 0 spiro atoms. The molecule has 1 amide bonds. The van der Waals surface area contributed by atoms with Gasteiger partial charge in [0.15, 0.2) is 0 Å². The molecular weight excluding hydrogens is 246 g/mol. The summed E-state index contributed by atoms with van der Waals surface area (Å²) in [5.41, 5.74) is 7.12. The van der Waals surface area contributed by atoms with E-state index >= 15 is 0 Å². The van der Waals surface area contributed by atoms with Crippen LogP contribution in [0.15, 0.2) is 12.3 Å². The number of aryl methyl sites for hydroxylation is 1. The summed E-state index contributed by atoms with van der Waals surface area (Å²) in [7, 11) is 1.85. The van der Waals surface area contributed by atoms with Gasteiger partial charge in [-0.1, -0.05) is 6.92 Å². The lowest BCUT2D eigenvalue weighted by Gasteiger charge is -2.24. The molecular formula is C13H23N3OS. The maximum absolute atomic E-state index is 12.4. The smallest absolute Gasteiger partial charge is 0.270 e. The van der Waals surface area contributed by atoms with Crippen LogP contribution in [0, 0.1) is 0 Å². The van der Waals surface area contributed by atoms with Crippen LogP contribution in [0.3, 0.4) is 0 Å². The normalized spacial score (nSPS) is 12.4. The molecule has 1 aromatic heterocycles. The predicted octanol–water partition coefficient (Wildman–Crippen LogP) is 2.30. The third-order valence-corrected chi connectivity index (χ3v) is 3.81. The number of nitrogen functional groups attached to an aromatic ring is 1. The van der Waals surface area contributed by atoms with Crippen LogP contribution in [0.5, 0.6) is 0 Å². The number of anilines is 1. The molecule has 0 saturated heterocycles. The molecule has 0 aliphatic carbocycles. The minimum Gasteiger partial charge on any atom is -0.397 e. The molecule has 2 N–H and O–H groups in total. The monoisotopic (exact) mass is 269 g/mol. The van der Waals surface area contributed by atoms with E-state index in [1.807, 2.05) is 24.1 Å². The lowest BCUT2D eigenvalue weighted by Crippen LogP contribution is -2.37. The highest BCUT2D eigenvalue weighted by molar-refractivity contribution is 7.98. The molecule has 4 nitrogen and oxygen atoms in total. The first kappa shape index (κ1) is 15.0. The van der Waals surface area contributed by atoms with Crippen molar-refractivity contribution >= 4 is 23.4 Å². The maximum Gasteiger partial charge on any atom is 0.270 e. The zero-order chi connectivity index (χ0) is 13.7. The summed E-state index contributed by atoms with van der Waals surface area (Å²) >= 11 is 1.74. The molecule has 1 unspecified atom stereocenters. The van der Waals surface area contributed by atoms with Gasteiger partial charge in [0.25, 0.3) is 5.91 Å². The molecule has 1 rings (SSSR count). The zero-order valence-electron chi connectivity index (χ0n) is 11.6. The molecule has 18 heavy (non-hydrogen) atoms. The van der Waals surface area contributed by atoms with Gasteiger partial charge >= 0.3 is 0 Å². The molecule has 0 aliphatic heterocycles. The van der Waals surface area contributed by atoms with E-state index in [1.54, 1.807) is 22.7 Å². The summed E-state index contributed by atoms with van der Waals surface area (Å²) in [6, 6.07) is 1.99. The maximum atomic E-state index is 12.4. The molecule has 1 heterocycles. The predicted molar refractivity (Wildman–Crippen MR) is 79.1 cm³/mol. The van der Waals surface area contributed by atoms with Crippen molar-refractivity contribution < 1.29 is 4.79 Å². The van der Waals surface area contributed by atoms with Crippen LogP contribution in [-0.2, 0) is 6.54 Å². The SMILES string of the molecule is CCCn1cc(N)cc1C(=O)N(C)C(C)CSC. The molecule has 0 aromatic carbocycles. The zero-order valence-corrected chi connectivity index (χ0v) is 12.5. The Bertz CT molecular complexity index is 403. The van der Waals surface area contributed by atoms with Crippen LogP contribution in [0.4, 0.5) is 5.69 Å². The summed E-state index contributed by atoms with van der Waals surface area (Å²) in [6.07, 6.45) is 4.87. The van der Waals surface area contributed by atoms with E-state index in [1.165, 1.54) is 0 Å². The van der Waals surface area contributed by atoms with Crippen molar-refractivity contribution in [1.82, 2.24) is 9.47 Å². The fourth-order valence-electron chi connectivity index (χ4n) is 1.87. The van der Waals surface area contributed by atoms with Gasteiger partial charge in [-0.25, -0.2) is 0 Å². The highest BCUT2D eigenvalue weighted by Crippen LogP contribution is 2.15. The topological polar surface area (TPSA) is 51.3 Å². The van der Waals surface area contributed by atoms with Crippen LogP contribution < -0.4 is 5.73 Å². The van der Waals surface area contributed by atoms with E-state index in [2.05, 4.69) is 13.8 Å². The average molecular weight is 269 g/mol.